The van der Waals surface area contributed by atoms with E-state index in [1.165, 1.54) is 0 Å². The van der Waals surface area contributed by atoms with E-state index in [0.717, 1.165) is 23.5 Å². The van der Waals surface area contributed by atoms with Crippen LogP contribution in [-0.2, 0) is 24.0 Å². The highest BCUT2D eigenvalue weighted by atomic mass is 32.2. The number of aliphatic hydroxyl groups is 2. The zero-order chi connectivity index (χ0) is 17.1. The molecule has 1 aliphatic heterocycles. The van der Waals surface area contributed by atoms with E-state index in [0.29, 0.717) is 0 Å². The normalized spacial score (nSPS) is 23.3. The molecule has 1 rings (SSSR count). The summed E-state index contributed by atoms with van der Waals surface area (Å²) in [5, 5.41) is 34.6. The van der Waals surface area contributed by atoms with Gasteiger partial charge < -0.3 is 20.4 Å². The number of thiol groups is 1. The summed E-state index contributed by atoms with van der Waals surface area (Å²) in [5.41, 5.74) is -0.556. The third kappa shape index (κ3) is 10.3. The Kier molecular flexibility index (Phi) is 12.3. The summed E-state index contributed by atoms with van der Waals surface area (Å²) in [6.45, 7) is 0. The fraction of sp³-hybridized carbons (Fsp3) is 0.556. The van der Waals surface area contributed by atoms with Gasteiger partial charge >= 0.3 is 18.1 Å². The molecule has 0 bridgehead atoms. The molecular formula is C9H12O9S3. The van der Waals surface area contributed by atoms with Gasteiger partial charge in [-0.15, -0.1) is 23.5 Å². The van der Waals surface area contributed by atoms with E-state index in [-0.39, 0.29) is 23.4 Å². The van der Waals surface area contributed by atoms with Crippen molar-refractivity contribution in [2.45, 2.75) is 10.4 Å². The van der Waals surface area contributed by atoms with Gasteiger partial charge in [-0.2, -0.15) is 22.2 Å². The molecule has 0 aliphatic carbocycles. The van der Waals surface area contributed by atoms with E-state index >= 15 is 0 Å². The number of carbonyl (C=O) groups is 3. The highest BCUT2D eigenvalue weighted by Crippen LogP contribution is 2.35. The second-order valence-electron chi connectivity index (χ2n) is 3.14. The molecule has 0 radical (unpaired) electrons. The van der Waals surface area contributed by atoms with E-state index in [4.69, 9.17) is 24.9 Å². The summed E-state index contributed by atoms with van der Waals surface area (Å²) < 4.78 is 0. The van der Waals surface area contributed by atoms with Crippen molar-refractivity contribution < 1.29 is 44.4 Å². The van der Waals surface area contributed by atoms with Crippen molar-refractivity contribution in [3.63, 3.8) is 0 Å². The minimum absolute atomic E-state index is 0.0359. The maximum atomic E-state index is 10.4. The summed E-state index contributed by atoms with van der Waals surface area (Å²) in [4.78, 5) is 44.3. The molecule has 1 aliphatic rings. The second-order valence-corrected chi connectivity index (χ2v) is 5.92. The lowest BCUT2D eigenvalue weighted by Gasteiger charge is -2.28. The van der Waals surface area contributed by atoms with Crippen LogP contribution < -0.4 is 0 Å². The van der Waals surface area contributed by atoms with Crippen LogP contribution in [0.3, 0.4) is 0 Å². The first-order valence-corrected chi connectivity index (χ1v) is 7.57. The summed E-state index contributed by atoms with van der Waals surface area (Å²) in [5.74, 6) is -3.46. The Labute approximate surface area is 132 Å². The molecule has 0 amide bonds. The number of Topliss-reactive ketones (excluding diaryl/α,β-unsaturated/α-hetero) is 1. The highest BCUT2D eigenvalue weighted by Gasteiger charge is 2.41. The average Bonchev–Trinajstić information content (AvgIpc) is 2.42. The number of carboxylic acid groups (broad SMARTS) is 2. The molecule has 0 aromatic heterocycles. The van der Waals surface area contributed by atoms with Gasteiger partial charge in [-0.3, -0.25) is 4.79 Å². The monoisotopic (exact) mass is 360 g/mol. The van der Waals surface area contributed by atoms with Gasteiger partial charge in [-0.25, -0.2) is 9.59 Å². The number of carbonyl (C=O) groups excluding carboxylic acids is 3. The lowest BCUT2D eigenvalue weighted by molar-refractivity contribution is -0.191. The van der Waals surface area contributed by atoms with Gasteiger partial charge in [0.1, 0.15) is 5.44 Å². The lowest BCUT2D eigenvalue weighted by atomic mass is 10.4. The summed E-state index contributed by atoms with van der Waals surface area (Å²) in [6, 6.07) is 0. The van der Waals surface area contributed by atoms with Gasteiger partial charge in [0.2, 0.25) is 10.7 Å². The number of ketones is 1. The van der Waals surface area contributed by atoms with Crippen LogP contribution in [-0.4, -0.2) is 71.9 Å². The highest BCUT2D eigenvalue weighted by molar-refractivity contribution is 8.07. The molecule has 2 unspecified atom stereocenters. The first-order valence-electron chi connectivity index (χ1n) is 4.90. The van der Waals surface area contributed by atoms with Crippen molar-refractivity contribution >= 4 is 60.0 Å². The Morgan fingerprint density at radius 2 is 1.76 bits per heavy atom. The summed E-state index contributed by atoms with van der Waals surface area (Å²) >= 11 is 5.35. The number of hydrogen-bond acceptors (Lipinski definition) is 10. The van der Waals surface area contributed by atoms with Gasteiger partial charge in [0.05, 0.1) is 5.75 Å². The molecule has 1 heterocycles. The van der Waals surface area contributed by atoms with Crippen molar-refractivity contribution in [1.29, 1.82) is 0 Å². The minimum Gasteiger partial charge on any atom is -0.478 e. The quantitative estimate of drug-likeness (QED) is 0.295. The number of aliphatic carboxylic acids is 2. The van der Waals surface area contributed by atoms with Crippen LogP contribution in [0.4, 0.5) is 0 Å². The maximum absolute atomic E-state index is 10.4. The number of thioether (sulfide) groups is 2. The van der Waals surface area contributed by atoms with Crippen molar-refractivity contribution in [3.8, 4) is 0 Å². The Balaban J connectivity index is 0. The van der Waals surface area contributed by atoms with Crippen LogP contribution in [0.15, 0.2) is 0 Å². The van der Waals surface area contributed by atoms with Crippen LogP contribution >= 0.6 is 36.2 Å². The van der Waals surface area contributed by atoms with Crippen LogP contribution in [0.2, 0.25) is 0 Å². The lowest BCUT2D eigenvalue weighted by Crippen LogP contribution is -2.42. The third-order valence-corrected chi connectivity index (χ3v) is 4.75. The van der Waals surface area contributed by atoms with Gasteiger partial charge in [0.15, 0.2) is 0 Å². The standard InChI is InChI=1S/C5H8O4S2.C3H4O3S.CO2/c6-3-1-11-5(9,2-10-3)4(7)8;4-2(1-7)3(5)6;2-1-3/h3,6,9H,1-2H2,(H,7,8);7H,1H2,(H,5,6);. The van der Waals surface area contributed by atoms with Crippen LogP contribution in [0, 0.1) is 0 Å². The third-order valence-electron chi connectivity index (χ3n) is 1.65. The molecule has 0 aromatic carbocycles. The number of aliphatic hydroxyl groups excluding tert-OH is 1. The van der Waals surface area contributed by atoms with Crippen molar-refractivity contribution in [1.82, 2.24) is 0 Å². The molecule has 1 saturated heterocycles. The topological polar surface area (TPSA) is 166 Å². The first-order chi connectivity index (χ1) is 9.64. The minimum atomic E-state index is -1.70. The molecule has 0 spiro atoms. The average molecular weight is 360 g/mol. The zero-order valence-corrected chi connectivity index (χ0v) is 12.8. The fourth-order valence-electron chi connectivity index (χ4n) is 0.699. The van der Waals surface area contributed by atoms with Gasteiger partial charge in [-0.1, -0.05) is 0 Å². The number of hydrogen-bond donors (Lipinski definition) is 5. The molecule has 4 N–H and O–H groups in total. The predicted molar refractivity (Wildman–Crippen MR) is 75.0 cm³/mol. The molecule has 2 atom stereocenters. The smallest absolute Gasteiger partial charge is 0.373 e. The Morgan fingerprint density at radius 3 is 1.95 bits per heavy atom. The molecule has 120 valence electrons. The van der Waals surface area contributed by atoms with Crippen LogP contribution in [0.25, 0.3) is 0 Å². The molecule has 21 heavy (non-hydrogen) atoms. The van der Waals surface area contributed by atoms with E-state index in [2.05, 4.69) is 12.6 Å². The Bertz CT molecular complexity index is 397. The van der Waals surface area contributed by atoms with Gasteiger partial charge in [0, 0.05) is 11.5 Å². The largest absolute Gasteiger partial charge is 0.478 e. The van der Waals surface area contributed by atoms with Crippen LogP contribution in [0.1, 0.15) is 0 Å². The van der Waals surface area contributed by atoms with Gasteiger partial charge in [0.25, 0.3) is 0 Å². The molecule has 0 saturated carbocycles. The zero-order valence-electron chi connectivity index (χ0n) is 10.3. The Hall–Kier alpha value is -1.04. The number of rotatable bonds is 3. The van der Waals surface area contributed by atoms with E-state index < -0.39 is 28.1 Å². The SMILES string of the molecule is O=C(O)C(=O)CS.O=C(O)C1(O)CSC(O)CS1.O=C=O. The Morgan fingerprint density at radius 1 is 1.29 bits per heavy atom. The first kappa shape index (κ1) is 22.2. The molecule has 12 heteroatoms. The van der Waals surface area contributed by atoms with Crippen molar-refractivity contribution in [2.24, 2.45) is 0 Å². The van der Waals surface area contributed by atoms with E-state index in [1.807, 2.05) is 0 Å². The summed E-state index contributed by atoms with van der Waals surface area (Å²) in [7, 11) is 0. The molecular weight excluding hydrogens is 348 g/mol. The second kappa shape index (κ2) is 11.6. The summed E-state index contributed by atoms with van der Waals surface area (Å²) in [6.07, 6.45) is 0.250. The predicted octanol–water partition coefficient (Wildman–Crippen LogP) is -1.46. The fourth-order valence-corrected chi connectivity index (χ4v) is 3.04. The van der Waals surface area contributed by atoms with Crippen molar-refractivity contribution in [3.05, 3.63) is 0 Å². The maximum Gasteiger partial charge on any atom is 0.373 e. The van der Waals surface area contributed by atoms with Crippen LogP contribution in [0.5, 0.6) is 0 Å². The molecule has 1 fully saturated rings. The van der Waals surface area contributed by atoms with E-state index in [1.54, 1.807) is 0 Å². The van der Waals surface area contributed by atoms with Gasteiger partial charge in [-0.05, 0) is 0 Å². The van der Waals surface area contributed by atoms with E-state index in [9.17, 15) is 19.5 Å². The molecule has 9 nitrogen and oxygen atoms in total. The number of carboxylic acids is 2. The van der Waals surface area contributed by atoms with Crippen molar-refractivity contribution in [2.75, 3.05) is 17.3 Å². The molecule has 0 aromatic rings.